The average Bonchev–Trinajstić information content (AvgIpc) is 3.30. The number of rotatable bonds is 10. The molecule has 0 amide bonds. The van der Waals surface area contributed by atoms with E-state index in [1.54, 1.807) is 13.4 Å². The topological polar surface area (TPSA) is 58.8 Å². The molecule has 1 unspecified atom stereocenters. The number of hydrogen-bond donors (Lipinski definition) is 2. The van der Waals surface area contributed by atoms with Crippen LogP contribution < -0.4 is 10.6 Å². The molecule has 0 saturated heterocycles. The molecule has 1 aliphatic rings. The van der Waals surface area contributed by atoms with Crippen LogP contribution in [0.3, 0.4) is 0 Å². The minimum absolute atomic E-state index is 0. The molecule has 1 saturated carbocycles. The summed E-state index contributed by atoms with van der Waals surface area (Å²) in [4.78, 5) is 4.95. The Morgan fingerprint density at radius 1 is 1.38 bits per heavy atom. The summed E-state index contributed by atoms with van der Waals surface area (Å²) in [7, 11) is 1.79. The fourth-order valence-corrected chi connectivity index (χ4v) is 3.42. The molecule has 0 radical (unpaired) electrons. The fraction of sp³-hybridized carbons (Fsp3) is 0.750. The number of guanidine groups is 1. The highest BCUT2D eigenvalue weighted by Crippen LogP contribution is 2.41. The summed E-state index contributed by atoms with van der Waals surface area (Å²) >= 11 is 0. The molecule has 2 N–H and O–H groups in total. The first-order chi connectivity index (χ1) is 12.2. The fourth-order valence-electron chi connectivity index (χ4n) is 3.42. The van der Waals surface area contributed by atoms with Crippen molar-refractivity contribution < 1.29 is 9.15 Å². The van der Waals surface area contributed by atoms with Crippen LogP contribution in [0.5, 0.6) is 0 Å². The van der Waals surface area contributed by atoms with E-state index in [0.29, 0.717) is 11.5 Å². The van der Waals surface area contributed by atoms with E-state index in [2.05, 4.69) is 24.5 Å². The minimum atomic E-state index is 0. The van der Waals surface area contributed by atoms with Crippen LogP contribution in [0.15, 0.2) is 27.8 Å². The van der Waals surface area contributed by atoms with Gasteiger partial charge in [0.25, 0.3) is 0 Å². The van der Waals surface area contributed by atoms with Gasteiger partial charge in [0.2, 0.25) is 0 Å². The Morgan fingerprint density at radius 3 is 2.77 bits per heavy atom. The molecule has 0 aromatic carbocycles. The number of furan rings is 1. The molecule has 150 valence electrons. The molecule has 0 bridgehead atoms. The lowest BCUT2D eigenvalue weighted by molar-refractivity contribution is 0.141. The molecule has 6 heteroatoms. The second kappa shape index (κ2) is 12.6. The number of nitrogens with zero attached hydrogens (tertiary/aromatic N) is 1. The number of ether oxygens (including phenoxy) is 1. The van der Waals surface area contributed by atoms with Crippen molar-refractivity contribution in [1.29, 1.82) is 0 Å². The van der Waals surface area contributed by atoms with Crippen LogP contribution in [0, 0.1) is 5.41 Å². The van der Waals surface area contributed by atoms with Crippen molar-refractivity contribution in [3.05, 3.63) is 24.2 Å². The van der Waals surface area contributed by atoms with Gasteiger partial charge in [0, 0.05) is 39.3 Å². The van der Waals surface area contributed by atoms with E-state index >= 15 is 0 Å². The Labute approximate surface area is 175 Å². The Kier molecular flexibility index (Phi) is 11.3. The van der Waals surface area contributed by atoms with Crippen molar-refractivity contribution in [1.82, 2.24) is 10.6 Å². The van der Waals surface area contributed by atoms with Crippen LogP contribution >= 0.6 is 24.0 Å². The van der Waals surface area contributed by atoms with Crippen LogP contribution in [0.1, 0.15) is 58.1 Å². The third kappa shape index (κ3) is 7.86. The lowest BCUT2D eigenvalue weighted by Crippen LogP contribution is -2.43. The SMILES string of the molecule is CCC(C)NC(=NCC1(CCOC)CCCC1)NCCc1ccco1.I. The molecule has 2 rings (SSSR count). The molecule has 1 heterocycles. The first kappa shape index (κ1) is 23.3. The first-order valence-electron chi connectivity index (χ1n) is 9.73. The highest BCUT2D eigenvalue weighted by Gasteiger charge is 2.33. The molecular formula is C20H36IN3O2. The Hall–Kier alpha value is -0.760. The Morgan fingerprint density at radius 2 is 2.15 bits per heavy atom. The third-order valence-electron chi connectivity index (χ3n) is 5.31. The zero-order chi connectivity index (χ0) is 18.0. The number of methoxy groups -OCH3 is 1. The van der Waals surface area contributed by atoms with Gasteiger partial charge < -0.3 is 19.8 Å². The van der Waals surface area contributed by atoms with Crippen molar-refractivity contribution in [3.8, 4) is 0 Å². The van der Waals surface area contributed by atoms with E-state index in [9.17, 15) is 0 Å². The van der Waals surface area contributed by atoms with Gasteiger partial charge in [-0.2, -0.15) is 0 Å². The normalized spacial score (nSPS) is 17.6. The predicted octanol–water partition coefficient (Wildman–Crippen LogP) is 4.37. The van der Waals surface area contributed by atoms with Gasteiger partial charge in [-0.25, -0.2) is 0 Å². The molecule has 0 spiro atoms. The van der Waals surface area contributed by atoms with Crippen LogP contribution in [0.2, 0.25) is 0 Å². The molecule has 1 aromatic heterocycles. The summed E-state index contributed by atoms with van der Waals surface area (Å²) in [5.74, 6) is 1.92. The van der Waals surface area contributed by atoms with Crippen molar-refractivity contribution in [3.63, 3.8) is 0 Å². The van der Waals surface area contributed by atoms with Gasteiger partial charge in [-0.05, 0) is 50.2 Å². The molecule has 1 aliphatic carbocycles. The Balaban J connectivity index is 0.00000338. The number of nitrogens with one attached hydrogen (secondary N) is 2. The standard InChI is InChI=1S/C20H35N3O2.HI/c1-4-17(2)23-19(21-13-9-18-8-7-14-25-18)22-16-20(12-15-24-3)10-5-6-11-20;/h7-8,14,17H,4-6,9-13,15-16H2,1-3H3,(H2,21,22,23);1H. The highest BCUT2D eigenvalue weighted by atomic mass is 127. The monoisotopic (exact) mass is 477 g/mol. The maximum absolute atomic E-state index is 5.40. The van der Waals surface area contributed by atoms with E-state index in [1.165, 1.54) is 25.7 Å². The second-order valence-electron chi connectivity index (χ2n) is 7.32. The van der Waals surface area contributed by atoms with Crippen molar-refractivity contribution >= 4 is 29.9 Å². The summed E-state index contributed by atoms with van der Waals surface area (Å²) in [5.41, 5.74) is 0.321. The van der Waals surface area contributed by atoms with E-state index in [1.807, 2.05) is 12.1 Å². The zero-order valence-electron chi connectivity index (χ0n) is 16.6. The van der Waals surface area contributed by atoms with E-state index in [-0.39, 0.29) is 24.0 Å². The van der Waals surface area contributed by atoms with Crippen molar-refractivity contribution in [2.24, 2.45) is 10.4 Å². The van der Waals surface area contributed by atoms with Gasteiger partial charge >= 0.3 is 0 Å². The zero-order valence-corrected chi connectivity index (χ0v) is 18.9. The largest absolute Gasteiger partial charge is 0.469 e. The van der Waals surface area contributed by atoms with Gasteiger partial charge in [-0.1, -0.05) is 19.8 Å². The van der Waals surface area contributed by atoms with Gasteiger partial charge in [-0.3, -0.25) is 4.99 Å². The summed E-state index contributed by atoms with van der Waals surface area (Å²) < 4.78 is 10.7. The first-order valence-corrected chi connectivity index (χ1v) is 9.73. The van der Waals surface area contributed by atoms with Crippen LogP contribution in [-0.4, -0.2) is 38.8 Å². The minimum Gasteiger partial charge on any atom is -0.469 e. The number of halogens is 1. The molecule has 26 heavy (non-hydrogen) atoms. The van der Waals surface area contributed by atoms with Crippen molar-refractivity contribution in [2.45, 2.75) is 64.8 Å². The average molecular weight is 477 g/mol. The maximum Gasteiger partial charge on any atom is 0.191 e. The van der Waals surface area contributed by atoms with Gasteiger partial charge in [0.15, 0.2) is 5.96 Å². The lowest BCUT2D eigenvalue weighted by atomic mass is 9.83. The van der Waals surface area contributed by atoms with Gasteiger partial charge in [0.05, 0.1) is 6.26 Å². The lowest BCUT2D eigenvalue weighted by Gasteiger charge is -2.27. The second-order valence-corrected chi connectivity index (χ2v) is 7.32. The van der Waals surface area contributed by atoms with Crippen LogP contribution in [-0.2, 0) is 11.2 Å². The quantitative estimate of drug-likeness (QED) is 0.299. The molecule has 5 nitrogen and oxygen atoms in total. The van der Waals surface area contributed by atoms with Crippen molar-refractivity contribution in [2.75, 3.05) is 26.8 Å². The summed E-state index contributed by atoms with van der Waals surface area (Å²) in [6, 6.07) is 4.36. The molecule has 1 aromatic rings. The van der Waals surface area contributed by atoms with E-state index in [0.717, 1.165) is 50.7 Å². The summed E-state index contributed by atoms with van der Waals surface area (Å²) in [6.07, 6.45) is 9.94. The smallest absolute Gasteiger partial charge is 0.191 e. The highest BCUT2D eigenvalue weighted by molar-refractivity contribution is 14.0. The summed E-state index contributed by atoms with van der Waals surface area (Å²) in [5, 5.41) is 6.99. The van der Waals surface area contributed by atoms with Crippen LogP contribution in [0.25, 0.3) is 0 Å². The van der Waals surface area contributed by atoms with E-state index in [4.69, 9.17) is 14.1 Å². The Bertz CT molecular complexity index is 499. The molecular weight excluding hydrogens is 441 g/mol. The number of aliphatic imine (C=N–C) groups is 1. The molecule has 0 aliphatic heterocycles. The third-order valence-corrected chi connectivity index (χ3v) is 5.31. The molecule has 1 fully saturated rings. The van der Waals surface area contributed by atoms with Gasteiger partial charge in [0.1, 0.15) is 5.76 Å². The van der Waals surface area contributed by atoms with Crippen LogP contribution in [0.4, 0.5) is 0 Å². The maximum atomic E-state index is 5.40. The van der Waals surface area contributed by atoms with Gasteiger partial charge in [-0.15, -0.1) is 24.0 Å². The van der Waals surface area contributed by atoms with E-state index < -0.39 is 0 Å². The number of hydrogen-bond acceptors (Lipinski definition) is 3. The molecule has 1 atom stereocenters. The summed E-state index contributed by atoms with van der Waals surface area (Å²) in [6.45, 7) is 6.91. The predicted molar refractivity (Wildman–Crippen MR) is 118 cm³/mol.